The molecule has 2 nitrogen and oxygen atoms in total. The topological polar surface area (TPSA) is 29.5 Å². The highest BCUT2D eigenvalue weighted by Crippen LogP contribution is 2.15. The summed E-state index contributed by atoms with van der Waals surface area (Å²) in [6.45, 7) is 2.84. The monoisotopic (exact) mass is 242 g/mol. The highest BCUT2D eigenvalue weighted by Gasteiger charge is 1.97. The van der Waals surface area contributed by atoms with E-state index in [1.807, 2.05) is 30.3 Å². The number of hydrogen-bond donors (Lipinski definition) is 1. The third-order valence-corrected chi connectivity index (χ3v) is 2.81. The van der Waals surface area contributed by atoms with Gasteiger partial charge in [0.1, 0.15) is 12.4 Å². The Bertz CT molecular complexity index is 489. The predicted octanol–water partition coefficient (Wildman–Crippen LogP) is 3.11. The molecule has 18 heavy (non-hydrogen) atoms. The van der Waals surface area contributed by atoms with E-state index < -0.39 is 0 Å². The number of rotatable bonds is 5. The molecule has 0 unspecified atom stereocenters. The van der Waals surface area contributed by atoms with Gasteiger partial charge in [-0.25, -0.2) is 0 Å². The lowest BCUT2D eigenvalue weighted by Crippen LogP contribution is -1.96. The van der Waals surface area contributed by atoms with E-state index in [-0.39, 0.29) is 6.61 Å². The zero-order valence-electron chi connectivity index (χ0n) is 10.6. The molecule has 0 spiro atoms. The Kier molecular flexibility index (Phi) is 4.37. The van der Waals surface area contributed by atoms with Crippen molar-refractivity contribution in [3.05, 3.63) is 65.2 Å². The second-order valence-corrected chi connectivity index (χ2v) is 4.40. The van der Waals surface area contributed by atoms with E-state index >= 15 is 0 Å². The molecule has 0 saturated heterocycles. The molecule has 2 aromatic rings. The number of aliphatic hydroxyl groups is 1. The van der Waals surface area contributed by atoms with Crippen LogP contribution in [0.15, 0.2) is 48.5 Å². The summed E-state index contributed by atoms with van der Waals surface area (Å²) in [5, 5.41) is 8.84. The van der Waals surface area contributed by atoms with Crippen LogP contribution >= 0.6 is 0 Å². The third kappa shape index (κ3) is 3.60. The summed E-state index contributed by atoms with van der Waals surface area (Å²) in [5.74, 6) is 0.859. The summed E-state index contributed by atoms with van der Waals surface area (Å²) in [4.78, 5) is 0. The minimum absolute atomic E-state index is 0.184. The van der Waals surface area contributed by atoms with Gasteiger partial charge in [0.15, 0.2) is 0 Å². The Morgan fingerprint density at radius 3 is 2.44 bits per heavy atom. The van der Waals surface area contributed by atoms with Crippen LogP contribution in [0.5, 0.6) is 5.75 Å². The lowest BCUT2D eigenvalue weighted by molar-refractivity contribution is 0.298. The SMILES string of the molecule is Cc1cccc(COc2ccc(CCO)cc2)c1. The van der Waals surface area contributed by atoms with E-state index in [2.05, 4.69) is 25.1 Å². The number of aryl methyl sites for hydroxylation is 1. The number of benzene rings is 2. The average Bonchev–Trinajstić information content (AvgIpc) is 2.38. The molecule has 0 amide bonds. The van der Waals surface area contributed by atoms with E-state index in [1.165, 1.54) is 11.1 Å². The standard InChI is InChI=1S/C16H18O2/c1-13-3-2-4-15(11-13)12-18-16-7-5-14(6-8-16)9-10-17/h2-8,11,17H,9-10,12H2,1H3. The Hall–Kier alpha value is -1.80. The summed E-state index contributed by atoms with van der Waals surface area (Å²) in [7, 11) is 0. The molecule has 0 aliphatic heterocycles. The molecule has 0 fully saturated rings. The van der Waals surface area contributed by atoms with Gasteiger partial charge in [-0.3, -0.25) is 0 Å². The smallest absolute Gasteiger partial charge is 0.119 e. The molecule has 0 radical (unpaired) electrons. The molecular formula is C16H18O2. The highest BCUT2D eigenvalue weighted by atomic mass is 16.5. The van der Waals surface area contributed by atoms with Crippen molar-refractivity contribution >= 4 is 0 Å². The fraction of sp³-hybridized carbons (Fsp3) is 0.250. The third-order valence-electron chi connectivity index (χ3n) is 2.81. The maximum absolute atomic E-state index is 8.84. The van der Waals surface area contributed by atoms with Crippen LogP contribution in [0, 0.1) is 6.92 Å². The Morgan fingerprint density at radius 1 is 1.00 bits per heavy atom. The maximum Gasteiger partial charge on any atom is 0.119 e. The minimum atomic E-state index is 0.184. The van der Waals surface area contributed by atoms with E-state index in [1.54, 1.807) is 0 Å². The molecule has 0 atom stereocenters. The van der Waals surface area contributed by atoms with Crippen LogP contribution in [0.2, 0.25) is 0 Å². The summed E-state index contributed by atoms with van der Waals surface area (Å²) in [5.41, 5.74) is 3.55. The number of ether oxygens (including phenoxy) is 1. The van der Waals surface area contributed by atoms with Crippen LogP contribution in [0.3, 0.4) is 0 Å². The lowest BCUT2D eigenvalue weighted by atomic mass is 10.1. The molecule has 2 heteroatoms. The molecule has 94 valence electrons. The Balaban J connectivity index is 1.93. The van der Waals surface area contributed by atoms with Gasteiger partial charge in [0.05, 0.1) is 0 Å². The van der Waals surface area contributed by atoms with Crippen LogP contribution < -0.4 is 4.74 Å². The number of aliphatic hydroxyl groups excluding tert-OH is 1. The first-order valence-corrected chi connectivity index (χ1v) is 6.16. The second-order valence-electron chi connectivity index (χ2n) is 4.40. The molecule has 2 aromatic carbocycles. The normalized spacial score (nSPS) is 10.3. The van der Waals surface area contributed by atoms with Gasteiger partial charge in [-0.15, -0.1) is 0 Å². The van der Waals surface area contributed by atoms with Gasteiger partial charge in [-0.1, -0.05) is 42.0 Å². The Morgan fingerprint density at radius 2 is 1.78 bits per heavy atom. The molecule has 0 aliphatic rings. The van der Waals surface area contributed by atoms with Crippen molar-refractivity contribution in [3.8, 4) is 5.75 Å². The highest BCUT2D eigenvalue weighted by molar-refractivity contribution is 5.28. The van der Waals surface area contributed by atoms with Crippen molar-refractivity contribution in [1.82, 2.24) is 0 Å². The fourth-order valence-corrected chi connectivity index (χ4v) is 1.85. The van der Waals surface area contributed by atoms with E-state index in [0.717, 1.165) is 11.3 Å². The van der Waals surface area contributed by atoms with Gasteiger partial charge in [-0.2, -0.15) is 0 Å². The van der Waals surface area contributed by atoms with E-state index in [4.69, 9.17) is 9.84 Å². The second kappa shape index (κ2) is 6.22. The van der Waals surface area contributed by atoms with Crippen molar-refractivity contribution in [3.63, 3.8) is 0 Å². The zero-order chi connectivity index (χ0) is 12.8. The summed E-state index contributed by atoms with van der Waals surface area (Å²) in [6, 6.07) is 16.2. The largest absolute Gasteiger partial charge is 0.489 e. The summed E-state index contributed by atoms with van der Waals surface area (Å²) < 4.78 is 5.72. The first-order valence-electron chi connectivity index (χ1n) is 6.16. The number of hydrogen-bond acceptors (Lipinski definition) is 2. The average molecular weight is 242 g/mol. The quantitative estimate of drug-likeness (QED) is 0.873. The van der Waals surface area contributed by atoms with Crippen molar-refractivity contribution < 1.29 is 9.84 Å². The predicted molar refractivity (Wildman–Crippen MR) is 72.7 cm³/mol. The van der Waals surface area contributed by atoms with Crippen LogP contribution in [-0.2, 0) is 13.0 Å². The summed E-state index contributed by atoms with van der Waals surface area (Å²) >= 11 is 0. The fourth-order valence-electron chi connectivity index (χ4n) is 1.85. The van der Waals surface area contributed by atoms with Gasteiger partial charge in [0, 0.05) is 6.61 Å². The molecule has 0 aromatic heterocycles. The van der Waals surface area contributed by atoms with Crippen molar-refractivity contribution in [2.45, 2.75) is 20.0 Å². The first-order chi connectivity index (χ1) is 8.78. The molecule has 0 aliphatic carbocycles. The van der Waals surface area contributed by atoms with Gasteiger partial charge < -0.3 is 9.84 Å². The molecule has 0 bridgehead atoms. The van der Waals surface area contributed by atoms with E-state index in [0.29, 0.717) is 13.0 Å². The molecule has 1 N–H and O–H groups in total. The molecular weight excluding hydrogens is 224 g/mol. The van der Waals surface area contributed by atoms with Gasteiger partial charge >= 0.3 is 0 Å². The van der Waals surface area contributed by atoms with Crippen molar-refractivity contribution in [2.24, 2.45) is 0 Å². The summed E-state index contributed by atoms with van der Waals surface area (Å²) in [6.07, 6.45) is 0.693. The van der Waals surface area contributed by atoms with Crippen molar-refractivity contribution in [1.29, 1.82) is 0 Å². The molecule has 0 heterocycles. The van der Waals surface area contributed by atoms with Crippen LogP contribution in [0.1, 0.15) is 16.7 Å². The van der Waals surface area contributed by atoms with Crippen LogP contribution in [0.4, 0.5) is 0 Å². The van der Waals surface area contributed by atoms with Crippen LogP contribution in [0.25, 0.3) is 0 Å². The van der Waals surface area contributed by atoms with Gasteiger partial charge in [0.25, 0.3) is 0 Å². The van der Waals surface area contributed by atoms with Crippen LogP contribution in [-0.4, -0.2) is 11.7 Å². The lowest BCUT2D eigenvalue weighted by Gasteiger charge is -2.07. The zero-order valence-corrected chi connectivity index (χ0v) is 10.6. The van der Waals surface area contributed by atoms with Gasteiger partial charge in [-0.05, 0) is 36.6 Å². The van der Waals surface area contributed by atoms with Crippen molar-refractivity contribution in [2.75, 3.05) is 6.61 Å². The Labute approximate surface area is 108 Å². The van der Waals surface area contributed by atoms with E-state index in [9.17, 15) is 0 Å². The first kappa shape index (κ1) is 12.7. The van der Waals surface area contributed by atoms with Gasteiger partial charge in [0.2, 0.25) is 0 Å². The maximum atomic E-state index is 8.84. The molecule has 2 rings (SSSR count). The minimum Gasteiger partial charge on any atom is -0.489 e. The molecule has 0 saturated carbocycles.